The molecule has 6 nitrogen and oxygen atoms in total. The first-order chi connectivity index (χ1) is 12.2. The number of carbonyl (C=O) groups is 1. The van der Waals surface area contributed by atoms with Crippen molar-refractivity contribution in [3.05, 3.63) is 66.4 Å². The second-order valence-electron chi connectivity index (χ2n) is 4.84. The molecule has 0 heterocycles. The van der Waals surface area contributed by atoms with Crippen LogP contribution in [0.3, 0.4) is 0 Å². The molecule has 0 aromatic heterocycles. The number of hydrogen-bond donors (Lipinski definition) is 1. The minimum absolute atomic E-state index is 0.120. The Bertz CT molecular complexity index is 766. The molecule has 0 fully saturated rings. The smallest absolute Gasteiger partial charge is 0.350 e. The molecule has 0 saturated carbocycles. The van der Waals surface area contributed by atoms with E-state index < -0.39 is 5.97 Å². The molecule has 2 aromatic rings. The van der Waals surface area contributed by atoms with Crippen LogP contribution >= 0.6 is 0 Å². The summed E-state index contributed by atoms with van der Waals surface area (Å²) < 4.78 is 15.7. The summed E-state index contributed by atoms with van der Waals surface area (Å²) >= 11 is 0. The third-order valence-corrected chi connectivity index (χ3v) is 3.11. The molecule has 0 radical (unpaired) electrons. The van der Waals surface area contributed by atoms with Crippen molar-refractivity contribution in [3.8, 4) is 17.6 Å². The maximum atomic E-state index is 11.3. The Balaban J connectivity index is 1.85. The zero-order valence-electron chi connectivity index (χ0n) is 13.8. The quantitative estimate of drug-likeness (QED) is 0.345. The van der Waals surface area contributed by atoms with Crippen LogP contribution in [0.5, 0.6) is 11.5 Å². The van der Waals surface area contributed by atoms with Gasteiger partial charge in [0.1, 0.15) is 30.8 Å². The van der Waals surface area contributed by atoms with E-state index in [1.165, 1.54) is 13.3 Å². The molecule has 0 saturated heterocycles. The molecule has 1 N–H and O–H groups in total. The zero-order chi connectivity index (χ0) is 17.9. The van der Waals surface area contributed by atoms with E-state index in [2.05, 4.69) is 10.1 Å². The normalized spacial score (nSPS) is 10.5. The van der Waals surface area contributed by atoms with E-state index in [9.17, 15) is 4.79 Å². The predicted molar refractivity (Wildman–Crippen MR) is 93.2 cm³/mol. The zero-order valence-corrected chi connectivity index (χ0v) is 13.8. The van der Waals surface area contributed by atoms with E-state index in [1.54, 1.807) is 24.3 Å². The standard InChI is InChI=1S/C19H18N2O4/c1-23-19(22)15(13-20)14-21-16-6-5-9-18(12-16)25-11-10-24-17-7-3-2-4-8-17/h2-9,12,14,21H,10-11H2,1H3/b15-14-. The Morgan fingerprint density at radius 1 is 1.08 bits per heavy atom. The van der Waals surface area contributed by atoms with Gasteiger partial charge in [-0.2, -0.15) is 5.26 Å². The topological polar surface area (TPSA) is 80.6 Å². The van der Waals surface area contributed by atoms with Crippen molar-refractivity contribution in [2.24, 2.45) is 0 Å². The highest BCUT2D eigenvalue weighted by Gasteiger charge is 2.07. The Kier molecular flexibility index (Phi) is 6.89. The van der Waals surface area contributed by atoms with Crippen LogP contribution in [0.2, 0.25) is 0 Å². The number of ether oxygens (including phenoxy) is 3. The van der Waals surface area contributed by atoms with E-state index in [1.807, 2.05) is 36.4 Å². The van der Waals surface area contributed by atoms with Crippen LogP contribution in [0.15, 0.2) is 66.4 Å². The molecule has 0 atom stereocenters. The monoisotopic (exact) mass is 338 g/mol. The van der Waals surface area contributed by atoms with Gasteiger partial charge in [-0.3, -0.25) is 0 Å². The molecule has 0 spiro atoms. The second-order valence-corrected chi connectivity index (χ2v) is 4.84. The summed E-state index contributed by atoms with van der Waals surface area (Å²) in [6.45, 7) is 0.808. The van der Waals surface area contributed by atoms with Gasteiger partial charge in [-0.25, -0.2) is 4.79 Å². The third-order valence-electron chi connectivity index (χ3n) is 3.11. The summed E-state index contributed by atoms with van der Waals surface area (Å²) in [6, 6.07) is 18.4. The average Bonchev–Trinajstić information content (AvgIpc) is 2.66. The number of anilines is 1. The molecule has 0 bridgehead atoms. The number of hydrogen-bond acceptors (Lipinski definition) is 6. The Morgan fingerprint density at radius 2 is 1.76 bits per heavy atom. The van der Waals surface area contributed by atoms with Gasteiger partial charge in [0.15, 0.2) is 5.57 Å². The largest absolute Gasteiger partial charge is 0.490 e. The number of benzene rings is 2. The molecule has 0 aliphatic carbocycles. The van der Waals surface area contributed by atoms with Gasteiger partial charge in [-0.05, 0) is 24.3 Å². The van der Waals surface area contributed by atoms with Gasteiger partial charge >= 0.3 is 5.97 Å². The molecule has 0 unspecified atom stereocenters. The summed E-state index contributed by atoms with van der Waals surface area (Å²) in [5.74, 6) is 0.741. The van der Waals surface area contributed by atoms with Gasteiger partial charge in [0.2, 0.25) is 0 Å². The van der Waals surface area contributed by atoms with Gasteiger partial charge in [0.25, 0.3) is 0 Å². The summed E-state index contributed by atoms with van der Waals surface area (Å²) in [4.78, 5) is 11.3. The molecule has 25 heavy (non-hydrogen) atoms. The van der Waals surface area contributed by atoms with Crippen LogP contribution in [0.25, 0.3) is 0 Å². The van der Waals surface area contributed by atoms with Crippen LogP contribution < -0.4 is 14.8 Å². The summed E-state index contributed by atoms with van der Waals surface area (Å²) in [5, 5.41) is 11.8. The molecule has 0 aliphatic rings. The van der Waals surface area contributed by atoms with Crippen LogP contribution in [-0.2, 0) is 9.53 Å². The SMILES string of the molecule is COC(=O)/C(C#N)=C\Nc1cccc(OCCOc2ccccc2)c1. The fraction of sp³-hybridized carbons (Fsp3) is 0.158. The summed E-state index contributed by atoms with van der Waals surface area (Å²) in [6.07, 6.45) is 1.30. The number of rotatable bonds is 8. The molecule has 2 rings (SSSR count). The molecular weight excluding hydrogens is 320 g/mol. The number of para-hydroxylation sites is 1. The fourth-order valence-electron chi connectivity index (χ4n) is 1.91. The first-order valence-corrected chi connectivity index (χ1v) is 7.59. The predicted octanol–water partition coefficient (Wildman–Crippen LogP) is 3.14. The number of nitrogens with one attached hydrogen (secondary N) is 1. The van der Waals surface area contributed by atoms with Gasteiger partial charge < -0.3 is 19.5 Å². The van der Waals surface area contributed by atoms with E-state index in [4.69, 9.17) is 14.7 Å². The van der Waals surface area contributed by atoms with Gasteiger partial charge in [0, 0.05) is 18.0 Å². The lowest BCUT2D eigenvalue weighted by molar-refractivity contribution is -0.135. The maximum Gasteiger partial charge on any atom is 0.350 e. The van der Waals surface area contributed by atoms with Crippen LogP contribution in [0, 0.1) is 11.3 Å². The van der Waals surface area contributed by atoms with Crippen molar-refractivity contribution < 1.29 is 19.0 Å². The molecule has 128 valence electrons. The minimum atomic E-state index is -0.694. The van der Waals surface area contributed by atoms with Gasteiger partial charge in [-0.15, -0.1) is 0 Å². The Hall–Kier alpha value is -3.46. The van der Waals surface area contributed by atoms with Crippen LogP contribution in [-0.4, -0.2) is 26.3 Å². The lowest BCUT2D eigenvalue weighted by Gasteiger charge is -2.09. The third kappa shape index (κ3) is 5.92. The molecule has 2 aromatic carbocycles. The van der Waals surface area contributed by atoms with Gasteiger partial charge in [-0.1, -0.05) is 24.3 Å². The van der Waals surface area contributed by atoms with E-state index in [0.29, 0.717) is 24.7 Å². The highest BCUT2D eigenvalue weighted by Crippen LogP contribution is 2.18. The van der Waals surface area contributed by atoms with E-state index in [0.717, 1.165) is 5.75 Å². The van der Waals surface area contributed by atoms with Crippen LogP contribution in [0.1, 0.15) is 0 Å². The lowest BCUT2D eigenvalue weighted by atomic mass is 10.3. The number of esters is 1. The van der Waals surface area contributed by atoms with Crippen molar-refractivity contribution in [3.63, 3.8) is 0 Å². The molecule has 0 aliphatic heterocycles. The Morgan fingerprint density at radius 3 is 2.44 bits per heavy atom. The van der Waals surface area contributed by atoms with Crippen molar-refractivity contribution in [1.82, 2.24) is 0 Å². The highest BCUT2D eigenvalue weighted by atomic mass is 16.5. The van der Waals surface area contributed by atoms with Crippen LogP contribution in [0.4, 0.5) is 5.69 Å². The number of nitrogens with zero attached hydrogens (tertiary/aromatic N) is 1. The van der Waals surface area contributed by atoms with Crippen molar-refractivity contribution in [1.29, 1.82) is 5.26 Å². The van der Waals surface area contributed by atoms with Crippen molar-refractivity contribution in [2.75, 3.05) is 25.6 Å². The molecule has 6 heteroatoms. The number of nitriles is 1. The lowest BCUT2D eigenvalue weighted by Crippen LogP contribution is -2.09. The average molecular weight is 338 g/mol. The second kappa shape index (κ2) is 9.63. The van der Waals surface area contributed by atoms with Gasteiger partial charge in [0.05, 0.1) is 7.11 Å². The number of methoxy groups -OCH3 is 1. The number of carbonyl (C=O) groups excluding carboxylic acids is 1. The van der Waals surface area contributed by atoms with E-state index >= 15 is 0 Å². The summed E-state index contributed by atoms with van der Waals surface area (Å²) in [5.41, 5.74) is 0.559. The Labute approximate surface area is 146 Å². The fourth-order valence-corrected chi connectivity index (χ4v) is 1.91. The molecular formula is C19H18N2O4. The van der Waals surface area contributed by atoms with Crippen molar-refractivity contribution in [2.45, 2.75) is 0 Å². The first kappa shape index (κ1) is 17.9. The highest BCUT2D eigenvalue weighted by molar-refractivity contribution is 5.93. The van der Waals surface area contributed by atoms with Crippen molar-refractivity contribution >= 4 is 11.7 Å². The maximum absolute atomic E-state index is 11.3. The minimum Gasteiger partial charge on any atom is -0.490 e. The summed E-state index contributed by atoms with van der Waals surface area (Å²) in [7, 11) is 1.22. The first-order valence-electron chi connectivity index (χ1n) is 7.59. The van der Waals surface area contributed by atoms with E-state index in [-0.39, 0.29) is 5.57 Å². The molecule has 0 amide bonds.